The van der Waals surface area contributed by atoms with E-state index in [1.165, 1.54) is 36.6 Å². The molecule has 0 unspecified atom stereocenters. The average Bonchev–Trinajstić information content (AvgIpc) is 2.98. The van der Waals surface area contributed by atoms with E-state index in [1.54, 1.807) is 4.68 Å². The lowest BCUT2D eigenvalue weighted by molar-refractivity contribution is -0.115. The topological polar surface area (TPSA) is 85.8 Å². The molecule has 0 spiro atoms. The molecule has 1 fully saturated rings. The third-order valence-electron chi connectivity index (χ3n) is 4.95. The number of hydrogen-bond acceptors (Lipinski definition) is 5. The molecule has 3 N–H and O–H groups in total. The lowest BCUT2D eigenvalue weighted by Crippen LogP contribution is -2.24. The van der Waals surface area contributed by atoms with Crippen molar-refractivity contribution in [2.45, 2.75) is 69.2 Å². The van der Waals surface area contributed by atoms with Crippen molar-refractivity contribution in [2.75, 3.05) is 11.2 Å². The minimum absolute atomic E-state index is 0.0656. The van der Waals surface area contributed by atoms with Crippen LogP contribution in [0.5, 0.6) is 0 Å². The van der Waals surface area contributed by atoms with Crippen LogP contribution >= 0.6 is 11.8 Å². The summed E-state index contributed by atoms with van der Waals surface area (Å²) in [4.78, 5) is 12.5. The van der Waals surface area contributed by atoms with Crippen LogP contribution in [0.3, 0.4) is 0 Å². The number of rotatable bonds is 5. The number of hydrogen-bond donors (Lipinski definition) is 2. The van der Waals surface area contributed by atoms with E-state index in [1.807, 2.05) is 32.9 Å². The standard InChI is InChI=1S/C19H27N5OS/c1-12-9-10-16(13(2)11-12)21-18(25)14(3)26-19-23-22-17(24(19)20)15-7-5-4-6-8-15/h9-11,14-15H,4-8,20H2,1-3H3,(H,21,25)/t14-/m1/s1. The van der Waals surface area contributed by atoms with E-state index in [9.17, 15) is 4.79 Å². The fraction of sp³-hybridized carbons (Fsp3) is 0.526. The Balaban J connectivity index is 1.64. The Labute approximate surface area is 158 Å². The van der Waals surface area contributed by atoms with Crippen LogP contribution in [0.15, 0.2) is 23.4 Å². The first kappa shape index (κ1) is 18.8. The predicted octanol–water partition coefficient (Wildman–Crippen LogP) is 3.78. The van der Waals surface area contributed by atoms with Crippen LogP contribution < -0.4 is 11.2 Å². The molecule has 1 aliphatic rings. The normalized spacial score (nSPS) is 16.4. The van der Waals surface area contributed by atoms with Gasteiger partial charge < -0.3 is 11.2 Å². The van der Waals surface area contributed by atoms with Crippen molar-refractivity contribution in [3.63, 3.8) is 0 Å². The minimum Gasteiger partial charge on any atom is -0.336 e. The van der Waals surface area contributed by atoms with Crippen molar-refractivity contribution < 1.29 is 4.79 Å². The Morgan fingerprint density at radius 2 is 2.00 bits per heavy atom. The highest BCUT2D eigenvalue weighted by molar-refractivity contribution is 8.00. The number of nitrogens with two attached hydrogens (primary N) is 1. The number of nitrogens with one attached hydrogen (secondary N) is 1. The summed E-state index contributed by atoms with van der Waals surface area (Å²) in [6.45, 7) is 5.89. The summed E-state index contributed by atoms with van der Waals surface area (Å²) in [7, 11) is 0. The molecular weight excluding hydrogens is 346 g/mol. The molecule has 7 heteroatoms. The fourth-order valence-corrected chi connectivity index (χ4v) is 4.18. The minimum atomic E-state index is -0.318. The molecule has 0 aliphatic heterocycles. The summed E-state index contributed by atoms with van der Waals surface area (Å²) in [5.41, 5.74) is 3.07. The van der Waals surface area contributed by atoms with E-state index in [0.717, 1.165) is 29.9 Å². The van der Waals surface area contributed by atoms with E-state index in [-0.39, 0.29) is 11.2 Å². The van der Waals surface area contributed by atoms with Crippen LogP contribution in [0.1, 0.15) is 61.9 Å². The number of benzene rings is 1. The second-order valence-electron chi connectivity index (χ2n) is 7.11. The highest BCUT2D eigenvalue weighted by Gasteiger charge is 2.25. The summed E-state index contributed by atoms with van der Waals surface area (Å²) in [5.74, 6) is 7.38. The number of nitrogens with zero attached hydrogens (tertiary/aromatic N) is 3. The SMILES string of the molecule is Cc1ccc(NC(=O)[C@@H](C)Sc2nnc(C3CCCCC3)n2N)c(C)c1. The molecule has 0 radical (unpaired) electrons. The number of nitrogen functional groups attached to an aromatic ring is 1. The van der Waals surface area contributed by atoms with Gasteiger partial charge in [0.1, 0.15) is 0 Å². The Bertz CT molecular complexity index is 782. The Morgan fingerprint density at radius 1 is 1.27 bits per heavy atom. The molecule has 26 heavy (non-hydrogen) atoms. The van der Waals surface area contributed by atoms with Crippen LogP contribution in [0.4, 0.5) is 5.69 Å². The lowest BCUT2D eigenvalue weighted by atomic mass is 9.89. The number of aromatic nitrogens is 3. The maximum absolute atomic E-state index is 12.5. The number of thioether (sulfide) groups is 1. The number of carbonyl (C=O) groups is 1. The molecule has 1 atom stereocenters. The van der Waals surface area contributed by atoms with E-state index < -0.39 is 0 Å². The van der Waals surface area contributed by atoms with Gasteiger partial charge in [0, 0.05) is 11.6 Å². The summed E-state index contributed by atoms with van der Waals surface area (Å²) in [5, 5.41) is 11.8. The van der Waals surface area contributed by atoms with Gasteiger partial charge in [0.05, 0.1) is 5.25 Å². The smallest absolute Gasteiger partial charge is 0.237 e. The first-order valence-electron chi connectivity index (χ1n) is 9.21. The van der Waals surface area contributed by atoms with Gasteiger partial charge >= 0.3 is 0 Å². The molecule has 1 saturated carbocycles. The molecule has 0 saturated heterocycles. The first-order valence-corrected chi connectivity index (χ1v) is 10.1. The molecule has 1 aromatic carbocycles. The molecular formula is C19H27N5OS. The van der Waals surface area contributed by atoms with Crippen LogP contribution in [-0.2, 0) is 4.79 Å². The number of carbonyl (C=O) groups excluding carboxylic acids is 1. The fourth-order valence-electron chi connectivity index (χ4n) is 3.41. The first-order chi connectivity index (χ1) is 12.5. The maximum Gasteiger partial charge on any atom is 0.237 e. The van der Waals surface area contributed by atoms with Crippen molar-refractivity contribution in [2.24, 2.45) is 0 Å². The highest BCUT2D eigenvalue weighted by Crippen LogP contribution is 2.33. The van der Waals surface area contributed by atoms with Crippen molar-refractivity contribution in [3.8, 4) is 0 Å². The van der Waals surface area contributed by atoms with Crippen LogP contribution in [0, 0.1) is 13.8 Å². The van der Waals surface area contributed by atoms with Crippen molar-refractivity contribution in [1.82, 2.24) is 14.9 Å². The zero-order valence-electron chi connectivity index (χ0n) is 15.7. The predicted molar refractivity (Wildman–Crippen MR) is 106 cm³/mol. The van der Waals surface area contributed by atoms with Gasteiger partial charge in [0.2, 0.25) is 11.1 Å². The molecule has 1 amide bonds. The molecule has 2 aromatic rings. The largest absolute Gasteiger partial charge is 0.336 e. The molecule has 140 valence electrons. The van der Waals surface area contributed by atoms with Crippen molar-refractivity contribution >= 4 is 23.4 Å². The van der Waals surface area contributed by atoms with E-state index >= 15 is 0 Å². The zero-order valence-corrected chi connectivity index (χ0v) is 16.5. The average molecular weight is 374 g/mol. The molecule has 1 aliphatic carbocycles. The second kappa shape index (κ2) is 8.12. The van der Waals surface area contributed by atoms with Gasteiger partial charge in [-0.15, -0.1) is 10.2 Å². The van der Waals surface area contributed by atoms with Gasteiger partial charge in [-0.3, -0.25) is 4.79 Å². The summed E-state index contributed by atoms with van der Waals surface area (Å²) >= 11 is 1.34. The van der Waals surface area contributed by atoms with E-state index in [4.69, 9.17) is 5.84 Å². The monoisotopic (exact) mass is 373 g/mol. The lowest BCUT2D eigenvalue weighted by Gasteiger charge is -2.20. The summed E-state index contributed by atoms with van der Waals surface area (Å²) in [6, 6.07) is 5.99. The summed E-state index contributed by atoms with van der Waals surface area (Å²) < 4.78 is 1.57. The molecule has 3 rings (SSSR count). The van der Waals surface area contributed by atoms with E-state index in [0.29, 0.717) is 11.1 Å². The quantitative estimate of drug-likeness (QED) is 0.615. The van der Waals surface area contributed by atoms with Gasteiger partial charge in [-0.1, -0.05) is 48.7 Å². The molecule has 1 heterocycles. The molecule has 0 bridgehead atoms. The van der Waals surface area contributed by atoms with Gasteiger partial charge in [-0.2, -0.15) is 0 Å². The Kier molecular flexibility index (Phi) is 5.86. The zero-order chi connectivity index (χ0) is 18.7. The Hall–Kier alpha value is -2.02. The Morgan fingerprint density at radius 3 is 2.69 bits per heavy atom. The maximum atomic E-state index is 12.5. The third-order valence-corrected chi connectivity index (χ3v) is 6.01. The molecule has 1 aromatic heterocycles. The number of anilines is 1. The molecule has 6 nitrogen and oxygen atoms in total. The van der Waals surface area contributed by atoms with Crippen LogP contribution in [0.2, 0.25) is 0 Å². The van der Waals surface area contributed by atoms with Gasteiger partial charge in [0.15, 0.2) is 5.82 Å². The number of amides is 1. The van der Waals surface area contributed by atoms with Gasteiger partial charge in [0.25, 0.3) is 0 Å². The van der Waals surface area contributed by atoms with E-state index in [2.05, 4.69) is 21.6 Å². The van der Waals surface area contributed by atoms with Gasteiger partial charge in [-0.05, 0) is 45.2 Å². The highest BCUT2D eigenvalue weighted by atomic mass is 32.2. The van der Waals surface area contributed by atoms with Gasteiger partial charge in [-0.25, -0.2) is 4.68 Å². The third kappa shape index (κ3) is 4.20. The number of aryl methyl sites for hydroxylation is 2. The van der Waals surface area contributed by atoms with Crippen molar-refractivity contribution in [1.29, 1.82) is 0 Å². The second-order valence-corrected chi connectivity index (χ2v) is 8.42. The van der Waals surface area contributed by atoms with Crippen LogP contribution in [0.25, 0.3) is 0 Å². The van der Waals surface area contributed by atoms with Crippen molar-refractivity contribution in [3.05, 3.63) is 35.2 Å². The van der Waals surface area contributed by atoms with Crippen LogP contribution in [-0.4, -0.2) is 26.0 Å². The summed E-state index contributed by atoms with van der Waals surface area (Å²) in [6.07, 6.45) is 5.95.